The summed E-state index contributed by atoms with van der Waals surface area (Å²) < 4.78 is 0. The third-order valence-corrected chi connectivity index (χ3v) is 8.80. The van der Waals surface area contributed by atoms with Crippen molar-refractivity contribution in [1.82, 2.24) is 4.98 Å². The van der Waals surface area contributed by atoms with Gasteiger partial charge >= 0.3 is 0 Å². The zero-order chi connectivity index (χ0) is 18.5. The summed E-state index contributed by atoms with van der Waals surface area (Å²) in [4.78, 5) is 4.79. The number of rotatable bonds is 4. The summed E-state index contributed by atoms with van der Waals surface area (Å²) in [6, 6.07) is 37.6. The van der Waals surface area contributed by atoms with Crippen molar-refractivity contribution in [3.05, 3.63) is 115 Å². The van der Waals surface area contributed by atoms with Crippen LogP contribution in [0.2, 0.25) is 0 Å². The number of halogens is 1. The molecule has 0 fully saturated rings. The van der Waals surface area contributed by atoms with E-state index in [0.717, 1.165) is 5.44 Å². The van der Waals surface area contributed by atoms with Crippen LogP contribution in [0, 0.1) is 11.3 Å². The van der Waals surface area contributed by atoms with Crippen molar-refractivity contribution >= 4 is 28.6 Å². The number of nitrogens with zero attached hydrogens (tertiary/aromatic N) is 2. The van der Waals surface area contributed by atoms with Crippen LogP contribution in [0.25, 0.3) is 0 Å². The minimum absolute atomic E-state index is 0. The standard InChI is InChI=1S/C24H18N2P.ClH/c25-19-20-16-17-26-24(18-20)27(21-10-4-1-5-11-21,22-12-6-2-7-13-22)23-14-8-3-9-15-23;/h1-18H;1H/q+1;/p-1. The van der Waals surface area contributed by atoms with Gasteiger partial charge < -0.3 is 12.4 Å². The van der Waals surface area contributed by atoms with E-state index in [9.17, 15) is 5.26 Å². The molecule has 4 aromatic rings. The number of pyridine rings is 1. The summed E-state index contributed by atoms with van der Waals surface area (Å²) in [6.07, 6.45) is 1.75. The lowest BCUT2D eigenvalue weighted by molar-refractivity contribution is -0.00000545. The predicted octanol–water partition coefficient (Wildman–Crippen LogP) is 0.577. The molecule has 0 bridgehead atoms. The Balaban J connectivity index is 0.00000225. The fraction of sp³-hybridized carbons (Fsp3) is 0. The molecule has 0 amide bonds. The van der Waals surface area contributed by atoms with Gasteiger partial charge in [-0.15, -0.1) is 0 Å². The van der Waals surface area contributed by atoms with E-state index in [4.69, 9.17) is 4.98 Å². The van der Waals surface area contributed by atoms with Gasteiger partial charge in [0.2, 0.25) is 0 Å². The average Bonchev–Trinajstić information content (AvgIpc) is 2.77. The highest BCUT2D eigenvalue weighted by molar-refractivity contribution is 8.01. The van der Waals surface area contributed by atoms with Crippen LogP contribution < -0.4 is 33.8 Å². The van der Waals surface area contributed by atoms with E-state index < -0.39 is 7.26 Å². The van der Waals surface area contributed by atoms with Gasteiger partial charge in [0.05, 0.1) is 11.6 Å². The Morgan fingerprint density at radius 1 is 0.643 bits per heavy atom. The summed E-state index contributed by atoms with van der Waals surface area (Å²) in [7, 11) is -2.21. The summed E-state index contributed by atoms with van der Waals surface area (Å²) in [5, 5.41) is 13.2. The maximum atomic E-state index is 9.47. The Hall–Kier alpha value is -2.98. The van der Waals surface area contributed by atoms with Crippen LogP contribution >= 0.6 is 7.26 Å². The van der Waals surface area contributed by atoms with Crippen molar-refractivity contribution in [3.8, 4) is 6.07 Å². The van der Waals surface area contributed by atoms with Gasteiger partial charge in [-0.25, -0.2) is 4.98 Å². The molecule has 28 heavy (non-hydrogen) atoms. The number of hydrogen-bond acceptors (Lipinski definition) is 2. The zero-order valence-corrected chi connectivity index (χ0v) is 16.8. The van der Waals surface area contributed by atoms with Gasteiger partial charge in [-0.3, -0.25) is 0 Å². The van der Waals surface area contributed by atoms with E-state index in [2.05, 4.69) is 78.9 Å². The Bertz CT molecular complexity index is 981. The fourth-order valence-electron chi connectivity index (χ4n) is 3.47. The highest BCUT2D eigenvalue weighted by Crippen LogP contribution is 2.53. The topological polar surface area (TPSA) is 36.7 Å². The molecule has 0 saturated heterocycles. The highest BCUT2D eigenvalue weighted by atomic mass is 35.5. The van der Waals surface area contributed by atoms with Gasteiger partial charge in [-0.1, -0.05) is 54.6 Å². The van der Waals surface area contributed by atoms with E-state index >= 15 is 0 Å². The fourth-order valence-corrected chi connectivity index (χ4v) is 7.59. The van der Waals surface area contributed by atoms with Gasteiger partial charge in [0, 0.05) is 12.3 Å². The van der Waals surface area contributed by atoms with Crippen molar-refractivity contribution in [2.75, 3.05) is 0 Å². The van der Waals surface area contributed by atoms with Crippen LogP contribution in [0.3, 0.4) is 0 Å². The molecule has 0 spiro atoms. The number of benzene rings is 3. The first kappa shape index (κ1) is 19.8. The van der Waals surface area contributed by atoms with Crippen LogP contribution in [0.5, 0.6) is 0 Å². The monoisotopic (exact) mass is 400 g/mol. The first-order valence-corrected chi connectivity index (χ1v) is 10.6. The second-order valence-corrected chi connectivity index (χ2v) is 9.54. The van der Waals surface area contributed by atoms with Gasteiger partial charge in [0.15, 0.2) is 12.7 Å². The van der Waals surface area contributed by atoms with Crippen LogP contribution in [-0.2, 0) is 0 Å². The third kappa shape index (κ3) is 3.43. The smallest absolute Gasteiger partial charge is 0.199 e. The third-order valence-electron chi connectivity index (χ3n) is 4.65. The number of aromatic nitrogens is 1. The molecule has 0 radical (unpaired) electrons. The summed E-state index contributed by atoms with van der Waals surface area (Å²) in [6.45, 7) is 0. The zero-order valence-electron chi connectivity index (χ0n) is 15.1. The predicted molar refractivity (Wildman–Crippen MR) is 114 cm³/mol. The molecule has 0 unspecified atom stereocenters. The van der Waals surface area contributed by atoms with Gasteiger partial charge in [-0.2, -0.15) is 5.26 Å². The lowest BCUT2D eigenvalue weighted by Crippen LogP contribution is -3.00. The molecule has 0 aliphatic heterocycles. The molecule has 2 nitrogen and oxygen atoms in total. The van der Waals surface area contributed by atoms with Gasteiger partial charge in [0.1, 0.15) is 15.9 Å². The summed E-state index contributed by atoms with van der Waals surface area (Å²) in [5.74, 6) is 0. The van der Waals surface area contributed by atoms with Gasteiger partial charge in [-0.05, 0) is 42.5 Å². The minimum Gasteiger partial charge on any atom is -1.00 e. The highest BCUT2D eigenvalue weighted by Gasteiger charge is 2.49. The maximum Gasteiger partial charge on any atom is 0.199 e. The van der Waals surface area contributed by atoms with Crippen molar-refractivity contribution in [3.63, 3.8) is 0 Å². The molecule has 0 aliphatic rings. The number of hydrogen-bond donors (Lipinski definition) is 0. The Morgan fingerprint density at radius 2 is 1.07 bits per heavy atom. The van der Waals surface area contributed by atoms with Crippen LogP contribution in [0.4, 0.5) is 0 Å². The Kier molecular flexibility index (Phi) is 6.22. The molecule has 1 aromatic heterocycles. The minimum atomic E-state index is -2.21. The van der Waals surface area contributed by atoms with E-state index in [-0.39, 0.29) is 12.4 Å². The lowest BCUT2D eigenvalue weighted by Gasteiger charge is -2.26. The van der Waals surface area contributed by atoms with Crippen molar-refractivity contribution in [2.24, 2.45) is 0 Å². The van der Waals surface area contributed by atoms with Crippen LogP contribution in [-0.4, -0.2) is 4.98 Å². The molecular formula is C24H18ClN2P. The largest absolute Gasteiger partial charge is 1.00 e. The average molecular weight is 401 g/mol. The van der Waals surface area contributed by atoms with Crippen molar-refractivity contribution in [1.29, 1.82) is 5.26 Å². The van der Waals surface area contributed by atoms with Gasteiger partial charge in [0.25, 0.3) is 0 Å². The quantitative estimate of drug-likeness (QED) is 0.470. The molecule has 136 valence electrons. The van der Waals surface area contributed by atoms with Crippen molar-refractivity contribution < 1.29 is 12.4 Å². The molecule has 4 heteroatoms. The molecule has 4 rings (SSSR count). The molecule has 3 aromatic carbocycles. The molecule has 0 aliphatic carbocycles. The number of nitriles is 1. The van der Waals surface area contributed by atoms with E-state index in [0.29, 0.717) is 5.56 Å². The van der Waals surface area contributed by atoms with E-state index in [1.807, 2.05) is 24.3 Å². The Labute approximate surface area is 172 Å². The lowest BCUT2D eigenvalue weighted by atomic mass is 10.3. The second-order valence-electron chi connectivity index (χ2n) is 6.19. The maximum absolute atomic E-state index is 9.47. The second kappa shape index (κ2) is 8.81. The molecule has 1 heterocycles. The first-order valence-electron chi connectivity index (χ1n) is 8.78. The van der Waals surface area contributed by atoms with E-state index in [1.165, 1.54) is 15.9 Å². The Morgan fingerprint density at radius 3 is 1.46 bits per heavy atom. The summed E-state index contributed by atoms with van der Waals surface area (Å²) in [5.41, 5.74) is 1.58. The van der Waals surface area contributed by atoms with Crippen LogP contribution in [0.15, 0.2) is 109 Å². The molecule has 0 N–H and O–H groups in total. The first-order chi connectivity index (χ1) is 13.4. The van der Waals surface area contributed by atoms with Crippen molar-refractivity contribution in [2.45, 2.75) is 0 Å². The molecule has 0 atom stereocenters. The van der Waals surface area contributed by atoms with Crippen LogP contribution in [0.1, 0.15) is 5.56 Å². The molecular weight excluding hydrogens is 383 g/mol. The molecule has 0 saturated carbocycles. The normalized spacial score (nSPS) is 10.5. The van der Waals surface area contributed by atoms with E-state index in [1.54, 1.807) is 12.3 Å². The summed E-state index contributed by atoms with van der Waals surface area (Å²) >= 11 is 0. The SMILES string of the molecule is N#Cc1ccnc([P+](c2ccccc2)(c2ccccc2)c2ccccc2)c1.[Cl-].